The molecular weight excluding hydrogens is 286 g/mol. The molecule has 0 aromatic heterocycles. The molecular formula is C12H15NO6S. The number of rotatable bonds is 6. The van der Waals surface area contributed by atoms with Gasteiger partial charge in [0.25, 0.3) is 0 Å². The number of sulfonamides is 1. The first-order valence-corrected chi connectivity index (χ1v) is 7.23. The second-order valence-electron chi connectivity index (χ2n) is 3.94. The van der Waals surface area contributed by atoms with Crippen LogP contribution in [-0.2, 0) is 19.6 Å². The Morgan fingerprint density at radius 1 is 1.30 bits per heavy atom. The molecule has 8 heteroatoms. The molecule has 0 aliphatic carbocycles. The van der Waals surface area contributed by atoms with Crippen LogP contribution >= 0.6 is 0 Å². The maximum Gasteiger partial charge on any atom is 0.337 e. The highest BCUT2D eigenvalue weighted by Crippen LogP contribution is 2.12. The molecule has 0 aliphatic heterocycles. The third-order valence-electron chi connectivity index (χ3n) is 2.59. The van der Waals surface area contributed by atoms with Gasteiger partial charge < -0.3 is 9.84 Å². The molecule has 1 atom stereocenters. The van der Waals surface area contributed by atoms with Crippen LogP contribution in [0.25, 0.3) is 0 Å². The Morgan fingerprint density at radius 2 is 1.85 bits per heavy atom. The Balaban J connectivity index is 2.98. The lowest BCUT2D eigenvalue weighted by molar-refractivity contribution is -0.139. The fourth-order valence-electron chi connectivity index (χ4n) is 1.45. The monoisotopic (exact) mass is 301 g/mol. The van der Waals surface area contributed by atoms with Gasteiger partial charge in [-0.25, -0.2) is 13.2 Å². The molecule has 1 rings (SSSR count). The molecule has 110 valence electrons. The van der Waals surface area contributed by atoms with E-state index in [0.717, 1.165) is 0 Å². The molecule has 0 aliphatic rings. The van der Waals surface area contributed by atoms with Crippen molar-refractivity contribution in [2.45, 2.75) is 24.3 Å². The van der Waals surface area contributed by atoms with Crippen molar-refractivity contribution >= 4 is 22.0 Å². The summed E-state index contributed by atoms with van der Waals surface area (Å²) in [5.41, 5.74) is 0.205. The molecule has 0 amide bonds. The molecule has 0 fully saturated rings. The van der Waals surface area contributed by atoms with Crippen molar-refractivity contribution in [3.8, 4) is 0 Å². The molecule has 2 N–H and O–H groups in total. The fraction of sp³-hybridized carbons (Fsp3) is 0.333. The lowest BCUT2D eigenvalue weighted by atomic mass is 10.2. The maximum atomic E-state index is 12.0. The molecule has 20 heavy (non-hydrogen) atoms. The summed E-state index contributed by atoms with van der Waals surface area (Å²) < 4.78 is 30.5. The third kappa shape index (κ3) is 3.78. The Hall–Kier alpha value is -1.93. The van der Waals surface area contributed by atoms with E-state index >= 15 is 0 Å². The Kier molecular flexibility index (Phi) is 5.23. The summed E-state index contributed by atoms with van der Waals surface area (Å²) >= 11 is 0. The van der Waals surface area contributed by atoms with Gasteiger partial charge in [-0.3, -0.25) is 4.79 Å². The third-order valence-corrected chi connectivity index (χ3v) is 4.08. The number of benzene rings is 1. The van der Waals surface area contributed by atoms with Gasteiger partial charge in [0.05, 0.1) is 17.6 Å². The molecule has 1 aromatic carbocycles. The van der Waals surface area contributed by atoms with Crippen LogP contribution in [0.4, 0.5) is 0 Å². The van der Waals surface area contributed by atoms with Crippen molar-refractivity contribution in [1.29, 1.82) is 0 Å². The van der Waals surface area contributed by atoms with E-state index in [-0.39, 0.29) is 16.9 Å². The topological polar surface area (TPSA) is 110 Å². The first kappa shape index (κ1) is 16.1. The average Bonchev–Trinajstić information content (AvgIpc) is 2.43. The van der Waals surface area contributed by atoms with Crippen molar-refractivity contribution in [3.05, 3.63) is 29.8 Å². The number of aliphatic carboxylic acids is 1. The summed E-state index contributed by atoms with van der Waals surface area (Å²) in [6.07, 6.45) is 0.120. The predicted molar refractivity (Wildman–Crippen MR) is 69.8 cm³/mol. The molecule has 1 unspecified atom stereocenters. The van der Waals surface area contributed by atoms with Gasteiger partial charge in [-0.15, -0.1) is 0 Å². The number of nitrogens with one attached hydrogen (secondary N) is 1. The standard InChI is InChI=1S/C12H15NO6S/c1-3-10(11(14)15)13-20(17,18)9-6-4-8(5-7-9)12(16)19-2/h4-7,10,13H,3H2,1-2H3,(H,14,15). The molecule has 0 heterocycles. The zero-order chi connectivity index (χ0) is 15.3. The van der Waals surface area contributed by atoms with E-state index in [4.69, 9.17) is 5.11 Å². The summed E-state index contributed by atoms with van der Waals surface area (Å²) in [7, 11) is -2.73. The van der Waals surface area contributed by atoms with E-state index in [2.05, 4.69) is 9.46 Å². The normalized spacial score (nSPS) is 12.7. The number of carboxylic acids is 1. The fourth-order valence-corrected chi connectivity index (χ4v) is 2.72. The van der Waals surface area contributed by atoms with Gasteiger partial charge in [0.1, 0.15) is 6.04 Å². The van der Waals surface area contributed by atoms with E-state index < -0.39 is 28.0 Å². The van der Waals surface area contributed by atoms with Gasteiger partial charge in [-0.1, -0.05) is 6.92 Å². The van der Waals surface area contributed by atoms with Crippen LogP contribution in [0.15, 0.2) is 29.2 Å². The number of hydrogen-bond acceptors (Lipinski definition) is 5. The van der Waals surface area contributed by atoms with Gasteiger partial charge in [0.15, 0.2) is 0 Å². The molecule has 0 bridgehead atoms. The van der Waals surface area contributed by atoms with Gasteiger partial charge >= 0.3 is 11.9 Å². The van der Waals surface area contributed by atoms with E-state index in [1.807, 2.05) is 0 Å². The quantitative estimate of drug-likeness (QED) is 0.745. The molecule has 7 nitrogen and oxygen atoms in total. The Morgan fingerprint density at radius 3 is 2.25 bits per heavy atom. The van der Waals surface area contributed by atoms with Crippen LogP contribution < -0.4 is 4.72 Å². The molecule has 0 radical (unpaired) electrons. The van der Waals surface area contributed by atoms with Gasteiger partial charge in [0, 0.05) is 0 Å². The zero-order valence-corrected chi connectivity index (χ0v) is 11.8. The van der Waals surface area contributed by atoms with Crippen LogP contribution in [0.5, 0.6) is 0 Å². The summed E-state index contributed by atoms with van der Waals surface area (Å²) in [5.74, 6) is -1.83. The predicted octanol–water partition coefficient (Wildman–Crippen LogP) is 0.615. The largest absolute Gasteiger partial charge is 0.480 e. The van der Waals surface area contributed by atoms with Crippen LogP contribution in [0.2, 0.25) is 0 Å². The highest BCUT2D eigenvalue weighted by Gasteiger charge is 2.23. The van der Waals surface area contributed by atoms with Crippen molar-refractivity contribution in [2.24, 2.45) is 0 Å². The summed E-state index contributed by atoms with van der Waals surface area (Å²) in [4.78, 5) is 21.9. The summed E-state index contributed by atoms with van der Waals surface area (Å²) in [6.45, 7) is 1.56. The minimum Gasteiger partial charge on any atom is -0.480 e. The number of carboxylic acid groups (broad SMARTS) is 1. The molecule has 1 aromatic rings. The SMILES string of the molecule is CCC(NS(=O)(=O)c1ccc(C(=O)OC)cc1)C(=O)O. The Bertz CT molecular complexity index is 593. The maximum absolute atomic E-state index is 12.0. The van der Waals surface area contributed by atoms with Crippen molar-refractivity contribution in [1.82, 2.24) is 4.72 Å². The highest BCUT2D eigenvalue weighted by atomic mass is 32.2. The second kappa shape index (κ2) is 6.49. The van der Waals surface area contributed by atoms with Gasteiger partial charge in [0.2, 0.25) is 10.0 Å². The van der Waals surface area contributed by atoms with E-state index in [0.29, 0.717) is 0 Å². The zero-order valence-electron chi connectivity index (χ0n) is 11.0. The highest BCUT2D eigenvalue weighted by molar-refractivity contribution is 7.89. The lowest BCUT2D eigenvalue weighted by Crippen LogP contribution is -2.40. The number of hydrogen-bond donors (Lipinski definition) is 2. The van der Waals surface area contributed by atoms with Crippen LogP contribution in [0, 0.1) is 0 Å². The smallest absolute Gasteiger partial charge is 0.337 e. The van der Waals surface area contributed by atoms with Crippen LogP contribution in [0.3, 0.4) is 0 Å². The number of esters is 1. The minimum atomic E-state index is -3.95. The van der Waals surface area contributed by atoms with Gasteiger partial charge in [-0.05, 0) is 30.7 Å². The van der Waals surface area contributed by atoms with E-state index in [1.165, 1.54) is 31.4 Å². The summed E-state index contributed by atoms with van der Waals surface area (Å²) in [5, 5.41) is 8.84. The first-order chi connectivity index (χ1) is 9.31. The van der Waals surface area contributed by atoms with E-state index in [9.17, 15) is 18.0 Å². The number of carbonyl (C=O) groups excluding carboxylic acids is 1. The number of ether oxygens (including phenoxy) is 1. The molecule has 0 saturated carbocycles. The van der Waals surface area contributed by atoms with Gasteiger partial charge in [-0.2, -0.15) is 4.72 Å². The average molecular weight is 301 g/mol. The minimum absolute atomic E-state index is 0.120. The van der Waals surface area contributed by atoms with Crippen LogP contribution in [-0.4, -0.2) is 38.6 Å². The number of methoxy groups -OCH3 is 1. The van der Waals surface area contributed by atoms with Crippen LogP contribution in [0.1, 0.15) is 23.7 Å². The lowest BCUT2D eigenvalue weighted by Gasteiger charge is -2.12. The summed E-state index contributed by atoms with van der Waals surface area (Å²) in [6, 6.07) is 3.82. The first-order valence-electron chi connectivity index (χ1n) is 5.75. The second-order valence-corrected chi connectivity index (χ2v) is 5.65. The molecule has 0 spiro atoms. The number of carbonyl (C=O) groups is 2. The van der Waals surface area contributed by atoms with E-state index in [1.54, 1.807) is 6.92 Å². The Labute approximate surface area is 116 Å². The van der Waals surface area contributed by atoms with Crippen molar-refractivity contribution in [3.63, 3.8) is 0 Å². The van der Waals surface area contributed by atoms with Crippen molar-refractivity contribution in [2.75, 3.05) is 7.11 Å². The molecule has 0 saturated heterocycles. The van der Waals surface area contributed by atoms with Crippen molar-refractivity contribution < 1.29 is 27.9 Å².